The lowest BCUT2D eigenvalue weighted by Crippen LogP contribution is -2.30. The highest BCUT2D eigenvalue weighted by Crippen LogP contribution is 2.23. The lowest BCUT2D eigenvalue weighted by atomic mass is 9.93. The van der Waals surface area contributed by atoms with E-state index in [0.29, 0.717) is 6.04 Å². The molecule has 1 unspecified atom stereocenters. The van der Waals surface area contributed by atoms with Crippen LogP contribution in [0.15, 0.2) is 18.2 Å². The van der Waals surface area contributed by atoms with Crippen LogP contribution < -0.4 is 5.32 Å². The van der Waals surface area contributed by atoms with E-state index in [1.807, 2.05) is 12.1 Å². The molecule has 2 nitrogen and oxygen atoms in total. The van der Waals surface area contributed by atoms with Gasteiger partial charge in [0.1, 0.15) is 0 Å². The minimum Gasteiger partial charge on any atom is -0.396 e. The van der Waals surface area contributed by atoms with Gasteiger partial charge < -0.3 is 10.4 Å². The van der Waals surface area contributed by atoms with Crippen LogP contribution in [0.2, 0.25) is 0 Å². The molecule has 0 fully saturated rings. The molecule has 1 radical (unpaired) electrons. The molecule has 1 heterocycles. The van der Waals surface area contributed by atoms with E-state index in [9.17, 15) is 0 Å². The van der Waals surface area contributed by atoms with Crippen molar-refractivity contribution in [1.82, 2.24) is 5.32 Å². The number of hydrogen-bond donors (Lipinski definition) is 2. The fourth-order valence-corrected chi connectivity index (χ4v) is 1.89. The van der Waals surface area contributed by atoms with Crippen LogP contribution in [-0.2, 0) is 6.42 Å². The van der Waals surface area contributed by atoms with Crippen LogP contribution in [0.5, 0.6) is 0 Å². The van der Waals surface area contributed by atoms with Crippen molar-refractivity contribution in [1.29, 1.82) is 0 Å². The molecule has 1 aromatic carbocycles. The van der Waals surface area contributed by atoms with E-state index >= 15 is 0 Å². The number of aliphatic hydroxyl groups is 1. The summed E-state index contributed by atoms with van der Waals surface area (Å²) in [5, 5.41) is 12.3. The third-order valence-corrected chi connectivity index (χ3v) is 2.53. The summed E-state index contributed by atoms with van der Waals surface area (Å²) in [6.07, 6.45) is 1.86. The molecule has 0 bridgehead atoms. The van der Waals surface area contributed by atoms with Crippen molar-refractivity contribution >= 4 is 0 Å². The summed E-state index contributed by atoms with van der Waals surface area (Å²) in [5.74, 6) is 0. The molecule has 2 N–H and O–H groups in total. The molecule has 0 saturated carbocycles. The van der Waals surface area contributed by atoms with Crippen molar-refractivity contribution in [2.45, 2.75) is 18.9 Å². The van der Waals surface area contributed by atoms with E-state index in [1.165, 1.54) is 11.1 Å². The molecule has 2 rings (SSSR count). The zero-order valence-electron chi connectivity index (χ0n) is 7.59. The van der Waals surface area contributed by atoms with Gasteiger partial charge in [0.05, 0.1) is 0 Å². The summed E-state index contributed by atoms with van der Waals surface area (Å²) in [6, 6.07) is 9.67. The average molecular weight is 176 g/mol. The fraction of sp³-hybridized carbons (Fsp3) is 0.455. The average Bonchev–Trinajstić information content (AvgIpc) is 2.19. The number of nitrogens with one attached hydrogen (secondary N) is 1. The zero-order chi connectivity index (χ0) is 9.10. The predicted molar refractivity (Wildman–Crippen MR) is 51.4 cm³/mol. The minimum atomic E-state index is 0.236. The Morgan fingerprint density at radius 2 is 2.54 bits per heavy atom. The maximum Gasteiger partial charge on any atom is 0.0449 e. The molecule has 1 aromatic rings. The van der Waals surface area contributed by atoms with Crippen LogP contribution in [0.3, 0.4) is 0 Å². The van der Waals surface area contributed by atoms with Crippen LogP contribution in [0.25, 0.3) is 0 Å². The van der Waals surface area contributed by atoms with E-state index in [2.05, 4.69) is 17.4 Å². The van der Waals surface area contributed by atoms with Gasteiger partial charge in [0.15, 0.2) is 0 Å². The molecule has 1 atom stereocenters. The van der Waals surface area contributed by atoms with Gasteiger partial charge in [-0.25, -0.2) is 0 Å². The Hall–Kier alpha value is -0.860. The van der Waals surface area contributed by atoms with Crippen molar-refractivity contribution in [3.63, 3.8) is 0 Å². The molecule has 1 aliphatic heterocycles. The van der Waals surface area contributed by atoms with Crippen LogP contribution in [0.4, 0.5) is 0 Å². The smallest absolute Gasteiger partial charge is 0.0449 e. The van der Waals surface area contributed by atoms with Gasteiger partial charge in [-0.05, 0) is 36.6 Å². The number of fused-ring (bicyclic) bond motifs is 1. The van der Waals surface area contributed by atoms with Gasteiger partial charge in [0, 0.05) is 12.6 Å². The molecule has 0 amide bonds. The molecule has 2 heteroatoms. The highest BCUT2D eigenvalue weighted by atomic mass is 16.3. The van der Waals surface area contributed by atoms with Crippen LogP contribution in [0, 0.1) is 6.07 Å². The second-order valence-corrected chi connectivity index (χ2v) is 3.38. The van der Waals surface area contributed by atoms with Gasteiger partial charge in [0.2, 0.25) is 0 Å². The second kappa shape index (κ2) is 3.90. The first-order valence-electron chi connectivity index (χ1n) is 4.75. The molecular weight excluding hydrogens is 162 g/mol. The first kappa shape index (κ1) is 8.73. The lowest BCUT2D eigenvalue weighted by molar-refractivity contribution is 0.263. The highest BCUT2D eigenvalue weighted by molar-refractivity contribution is 5.31. The standard InChI is InChI=1S/C11H14NO/c13-8-6-11-10-4-2-1-3-9(10)5-7-12-11/h1-3,11-13H,5-8H2. The maximum atomic E-state index is 8.89. The van der Waals surface area contributed by atoms with Gasteiger partial charge >= 0.3 is 0 Å². The number of benzene rings is 1. The number of aliphatic hydroxyl groups excluding tert-OH is 1. The van der Waals surface area contributed by atoms with Crippen molar-refractivity contribution < 1.29 is 5.11 Å². The monoisotopic (exact) mass is 176 g/mol. The summed E-state index contributed by atoms with van der Waals surface area (Å²) in [7, 11) is 0. The van der Waals surface area contributed by atoms with Gasteiger partial charge in [-0.1, -0.05) is 18.2 Å². The van der Waals surface area contributed by atoms with Crippen LogP contribution in [0.1, 0.15) is 23.6 Å². The number of hydrogen-bond acceptors (Lipinski definition) is 2. The Kier molecular flexibility index (Phi) is 2.62. The minimum absolute atomic E-state index is 0.236. The summed E-state index contributed by atoms with van der Waals surface area (Å²) >= 11 is 0. The quantitative estimate of drug-likeness (QED) is 0.706. The molecule has 0 aromatic heterocycles. The fourth-order valence-electron chi connectivity index (χ4n) is 1.89. The van der Waals surface area contributed by atoms with Crippen molar-refractivity contribution in [2.75, 3.05) is 13.2 Å². The Balaban J connectivity index is 2.26. The molecule has 1 aliphatic rings. The Morgan fingerprint density at radius 3 is 3.38 bits per heavy atom. The summed E-state index contributed by atoms with van der Waals surface area (Å²) in [4.78, 5) is 0. The van der Waals surface area contributed by atoms with E-state index < -0.39 is 0 Å². The zero-order valence-corrected chi connectivity index (χ0v) is 7.59. The Bertz CT molecular complexity index is 285. The van der Waals surface area contributed by atoms with Crippen LogP contribution in [-0.4, -0.2) is 18.3 Å². The first-order chi connectivity index (χ1) is 6.42. The third-order valence-electron chi connectivity index (χ3n) is 2.53. The van der Waals surface area contributed by atoms with Gasteiger partial charge in [-0.3, -0.25) is 0 Å². The van der Waals surface area contributed by atoms with Crippen LogP contribution >= 0.6 is 0 Å². The summed E-state index contributed by atoms with van der Waals surface area (Å²) in [5.41, 5.74) is 2.61. The highest BCUT2D eigenvalue weighted by Gasteiger charge is 2.17. The predicted octanol–water partition coefficient (Wildman–Crippen LogP) is 1.06. The summed E-state index contributed by atoms with van der Waals surface area (Å²) < 4.78 is 0. The topological polar surface area (TPSA) is 32.3 Å². The SMILES string of the molecule is OCCC1NCCc2ccc[c]c21. The van der Waals surface area contributed by atoms with Crippen molar-refractivity contribution in [3.05, 3.63) is 35.4 Å². The van der Waals surface area contributed by atoms with Gasteiger partial charge in [-0.15, -0.1) is 0 Å². The number of rotatable bonds is 2. The van der Waals surface area contributed by atoms with Gasteiger partial charge in [-0.2, -0.15) is 0 Å². The lowest BCUT2D eigenvalue weighted by Gasteiger charge is -2.25. The summed E-state index contributed by atoms with van der Waals surface area (Å²) in [6.45, 7) is 1.25. The molecule has 69 valence electrons. The van der Waals surface area contributed by atoms with E-state index in [0.717, 1.165) is 19.4 Å². The van der Waals surface area contributed by atoms with E-state index in [1.54, 1.807) is 0 Å². The molecule has 13 heavy (non-hydrogen) atoms. The second-order valence-electron chi connectivity index (χ2n) is 3.38. The van der Waals surface area contributed by atoms with E-state index in [4.69, 9.17) is 5.11 Å². The van der Waals surface area contributed by atoms with Crippen molar-refractivity contribution in [2.24, 2.45) is 0 Å². The molecule has 0 aliphatic carbocycles. The van der Waals surface area contributed by atoms with Crippen molar-refractivity contribution in [3.8, 4) is 0 Å². The normalized spacial score (nSPS) is 21.2. The molecule has 0 saturated heterocycles. The first-order valence-corrected chi connectivity index (χ1v) is 4.75. The van der Waals surface area contributed by atoms with Gasteiger partial charge in [0.25, 0.3) is 0 Å². The maximum absolute atomic E-state index is 8.89. The Labute approximate surface area is 78.6 Å². The largest absolute Gasteiger partial charge is 0.396 e. The Morgan fingerprint density at radius 1 is 1.62 bits per heavy atom. The third kappa shape index (κ3) is 1.74. The molecule has 0 spiro atoms. The van der Waals surface area contributed by atoms with E-state index in [-0.39, 0.29) is 6.61 Å². The molecular formula is C11H14NO.